The molecule has 0 amide bonds. The van der Waals surface area contributed by atoms with Gasteiger partial charge in [-0.2, -0.15) is 5.10 Å². The van der Waals surface area contributed by atoms with Crippen molar-refractivity contribution < 1.29 is 9.53 Å². The fourth-order valence-electron chi connectivity index (χ4n) is 4.46. The third-order valence-electron chi connectivity index (χ3n) is 6.56. The highest BCUT2D eigenvalue weighted by molar-refractivity contribution is 6.48. The predicted molar refractivity (Wildman–Crippen MR) is 143 cm³/mol. The van der Waals surface area contributed by atoms with Gasteiger partial charge in [0.25, 0.3) is 0 Å². The summed E-state index contributed by atoms with van der Waals surface area (Å²) >= 11 is 0. The smallest absolute Gasteiger partial charge is 0.209 e. The van der Waals surface area contributed by atoms with Crippen LogP contribution in [-0.2, 0) is 0 Å². The highest BCUT2D eigenvalue weighted by Gasteiger charge is 2.39. The summed E-state index contributed by atoms with van der Waals surface area (Å²) in [7, 11) is 0. The molecular weight excluding hydrogens is 420 g/mol. The van der Waals surface area contributed by atoms with Gasteiger partial charge in [-0.05, 0) is 30.7 Å². The lowest BCUT2D eigenvalue weighted by molar-refractivity contribution is 0.105. The molecule has 2 aromatic carbocycles. The summed E-state index contributed by atoms with van der Waals surface area (Å²) in [6.07, 6.45) is 13.3. The van der Waals surface area contributed by atoms with Crippen molar-refractivity contribution in [3.8, 4) is 5.75 Å². The largest absolute Gasteiger partial charge is 0.494 e. The van der Waals surface area contributed by atoms with Crippen LogP contribution in [0.5, 0.6) is 5.75 Å². The van der Waals surface area contributed by atoms with Crippen LogP contribution in [0.4, 0.5) is 5.69 Å². The minimum atomic E-state index is -0.308. The van der Waals surface area contributed by atoms with Crippen LogP contribution in [0, 0.1) is 5.41 Å². The third-order valence-corrected chi connectivity index (χ3v) is 6.56. The molecule has 34 heavy (non-hydrogen) atoms. The van der Waals surface area contributed by atoms with Gasteiger partial charge in [0.15, 0.2) is 0 Å². The lowest BCUT2D eigenvalue weighted by Crippen LogP contribution is -2.32. The number of rotatable bonds is 15. The monoisotopic (exact) mass is 462 g/mol. The van der Waals surface area contributed by atoms with Gasteiger partial charge >= 0.3 is 0 Å². The first-order valence-corrected chi connectivity index (χ1v) is 13.2. The minimum absolute atomic E-state index is 0.00421. The first kappa shape index (κ1) is 26.0. The number of nitrogens with zero attached hydrogens (tertiary/aromatic N) is 2. The standard InChI is InChI=1S/C30H42N2O2/c1-4-5-6-7-8-9-10-11-12-16-23-34-27-21-19-26(20-22-27)32-24-30(2,3)29(31-32)28(33)25-17-14-13-15-18-25/h13-15,17-22H,4-12,16,23-24H2,1-3H3. The second-order valence-corrected chi connectivity index (χ2v) is 10.1. The second kappa shape index (κ2) is 13.3. The van der Waals surface area contributed by atoms with Crippen molar-refractivity contribution in [1.82, 2.24) is 0 Å². The number of hydrogen-bond donors (Lipinski definition) is 0. The Kier molecular flexibility index (Phi) is 10.2. The van der Waals surface area contributed by atoms with Gasteiger partial charge in [-0.1, -0.05) is 109 Å². The first-order chi connectivity index (χ1) is 16.5. The van der Waals surface area contributed by atoms with Gasteiger partial charge < -0.3 is 4.74 Å². The normalized spacial score (nSPS) is 14.8. The van der Waals surface area contributed by atoms with Gasteiger partial charge in [0.2, 0.25) is 5.78 Å². The van der Waals surface area contributed by atoms with Crippen LogP contribution in [-0.4, -0.2) is 24.6 Å². The second-order valence-electron chi connectivity index (χ2n) is 10.1. The summed E-state index contributed by atoms with van der Waals surface area (Å²) < 4.78 is 5.95. The molecule has 0 radical (unpaired) electrons. The van der Waals surface area contributed by atoms with E-state index in [1.807, 2.05) is 59.6 Å². The molecule has 1 aliphatic heterocycles. The predicted octanol–water partition coefficient (Wildman–Crippen LogP) is 8.07. The average molecular weight is 463 g/mol. The molecule has 0 spiro atoms. The maximum Gasteiger partial charge on any atom is 0.209 e. The van der Waals surface area contributed by atoms with Crippen LogP contribution < -0.4 is 9.75 Å². The van der Waals surface area contributed by atoms with E-state index in [1.54, 1.807) is 0 Å². The summed E-state index contributed by atoms with van der Waals surface area (Å²) in [5, 5.41) is 6.64. The quantitative estimate of drug-likeness (QED) is 0.198. The zero-order valence-corrected chi connectivity index (χ0v) is 21.4. The molecule has 1 heterocycles. The molecule has 4 heteroatoms. The van der Waals surface area contributed by atoms with Crippen LogP contribution in [0.3, 0.4) is 0 Å². The topological polar surface area (TPSA) is 41.9 Å². The molecule has 0 aliphatic carbocycles. The Morgan fingerprint density at radius 1 is 0.853 bits per heavy atom. The Labute approximate surface area is 206 Å². The van der Waals surface area contributed by atoms with E-state index in [0.717, 1.165) is 24.5 Å². The van der Waals surface area contributed by atoms with E-state index in [1.165, 1.54) is 57.8 Å². The Balaban J connectivity index is 1.40. The molecular formula is C30H42N2O2. The van der Waals surface area contributed by atoms with Gasteiger partial charge in [0.05, 0.1) is 18.8 Å². The van der Waals surface area contributed by atoms with Crippen molar-refractivity contribution in [2.45, 2.75) is 85.0 Å². The fraction of sp³-hybridized carbons (Fsp3) is 0.533. The lowest BCUT2D eigenvalue weighted by Gasteiger charge is -2.21. The number of Topliss-reactive ketones (excluding diaryl/α,β-unsaturated/α-hetero) is 1. The van der Waals surface area contributed by atoms with E-state index < -0.39 is 0 Å². The Bertz CT molecular complexity index is 903. The van der Waals surface area contributed by atoms with Gasteiger partial charge in [-0.15, -0.1) is 0 Å². The molecule has 1 aliphatic rings. The van der Waals surface area contributed by atoms with Crippen molar-refractivity contribution in [3.05, 3.63) is 60.2 Å². The van der Waals surface area contributed by atoms with Crippen molar-refractivity contribution in [1.29, 1.82) is 0 Å². The van der Waals surface area contributed by atoms with Crippen LogP contribution >= 0.6 is 0 Å². The highest BCUT2D eigenvalue weighted by Crippen LogP contribution is 2.33. The van der Waals surface area contributed by atoms with Gasteiger partial charge in [0, 0.05) is 11.0 Å². The zero-order chi connectivity index (χ0) is 24.2. The van der Waals surface area contributed by atoms with Crippen LogP contribution in [0.25, 0.3) is 0 Å². The number of anilines is 1. The molecule has 0 saturated carbocycles. The SMILES string of the molecule is CCCCCCCCCCCCOc1ccc(N2CC(C)(C)C(C(=O)c3ccccc3)=N2)cc1. The summed E-state index contributed by atoms with van der Waals surface area (Å²) in [5.41, 5.74) is 1.97. The van der Waals surface area contributed by atoms with E-state index >= 15 is 0 Å². The third kappa shape index (κ3) is 7.72. The number of carbonyl (C=O) groups is 1. The molecule has 3 rings (SSSR count). The number of ether oxygens (including phenoxy) is 1. The van der Waals surface area contributed by atoms with Gasteiger partial charge in [-0.3, -0.25) is 9.80 Å². The van der Waals surface area contributed by atoms with Gasteiger partial charge in [-0.25, -0.2) is 0 Å². The number of hydrogen-bond acceptors (Lipinski definition) is 4. The molecule has 0 N–H and O–H groups in total. The number of unbranched alkanes of at least 4 members (excludes halogenated alkanes) is 9. The Hall–Kier alpha value is -2.62. The maximum absolute atomic E-state index is 13.0. The van der Waals surface area contributed by atoms with Crippen LogP contribution in [0.2, 0.25) is 0 Å². The molecule has 0 unspecified atom stereocenters. The van der Waals surface area contributed by atoms with Crippen LogP contribution in [0.15, 0.2) is 59.7 Å². The Morgan fingerprint density at radius 2 is 1.44 bits per heavy atom. The van der Waals surface area contributed by atoms with E-state index in [2.05, 4.69) is 20.8 Å². The summed E-state index contributed by atoms with van der Waals surface area (Å²) in [4.78, 5) is 13.0. The average Bonchev–Trinajstić information content (AvgIpc) is 3.18. The number of ketones is 1. The molecule has 4 nitrogen and oxygen atoms in total. The summed E-state index contributed by atoms with van der Waals surface area (Å²) in [6, 6.07) is 17.5. The molecule has 0 fully saturated rings. The minimum Gasteiger partial charge on any atom is -0.494 e. The molecule has 0 saturated heterocycles. The van der Waals surface area contributed by atoms with Crippen molar-refractivity contribution in [2.24, 2.45) is 10.5 Å². The fourth-order valence-corrected chi connectivity index (χ4v) is 4.46. The number of carbonyl (C=O) groups excluding carboxylic acids is 1. The molecule has 2 aromatic rings. The van der Waals surface area contributed by atoms with Crippen molar-refractivity contribution >= 4 is 17.2 Å². The molecule has 0 bridgehead atoms. The number of hydrazone groups is 1. The number of benzene rings is 2. The van der Waals surface area contributed by atoms with Crippen LogP contribution in [0.1, 0.15) is 95.3 Å². The molecule has 184 valence electrons. The van der Waals surface area contributed by atoms with Crippen molar-refractivity contribution in [3.63, 3.8) is 0 Å². The maximum atomic E-state index is 13.0. The summed E-state index contributed by atoms with van der Waals surface area (Å²) in [6.45, 7) is 7.87. The van der Waals surface area contributed by atoms with E-state index in [9.17, 15) is 4.79 Å². The first-order valence-electron chi connectivity index (χ1n) is 13.2. The van der Waals surface area contributed by atoms with E-state index in [0.29, 0.717) is 17.8 Å². The highest BCUT2D eigenvalue weighted by atomic mass is 16.5. The zero-order valence-electron chi connectivity index (χ0n) is 21.4. The Morgan fingerprint density at radius 3 is 2.06 bits per heavy atom. The van der Waals surface area contributed by atoms with Crippen molar-refractivity contribution in [2.75, 3.05) is 18.2 Å². The lowest BCUT2D eigenvalue weighted by atomic mass is 9.84. The molecule has 0 atom stereocenters. The van der Waals surface area contributed by atoms with E-state index in [-0.39, 0.29) is 11.2 Å². The molecule has 0 aromatic heterocycles. The summed E-state index contributed by atoms with van der Waals surface area (Å²) in [5.74, 6) is 0.896. The van der Waals surface area contributed by atoms with E-state index in [4.69, 9.17) is 9.84 Å². The van der Waals surface area contributed by atoms with Gasteiger partial charge in [0.1, 0.15) is 11.5 Å².